The molecular formula is C21H29N5OS. The Labute approximate surface area is 170 Å². The summed E-state index contributed by atoms with van der Waals surface area (Å²) in [6, 6.07) is 2.24. The fourth-order valence-corrected chi connectivity index (χ4v) is 7.11. The maximum atomic E-state index is 12.6. The molecule has 1 atom stereocenters. The maximum Gasteiger partial charge on any atom is 0.253 e. The van der Waals surface area contributed by atoms with Crippen LogP contribution in [0.15, 0.2) is 11.2 Å². The van der Waals surface area contributed by atoms with Crippen molar-refractivity contribution in [2.45, 2.75) is 70.5 Å². The molecular weight excluding hydrogens is 370 g/mol. The third kappa shape index (κ3) is 3.21. The number of thioether (sulfide) groups is 1. The highest BCUT2D eigenvalue weighted by Crippen LogP contribution is 2.61. The predicted octanol–water partition coefficient (Wildman–Crippen LogP) is 3.55. The summed E-state index contributed by atoms with van der Waals surface area (Å²) in [4.78, 5) is 21.5. The van der Waals surface area contributed by atoms with Crippen LogP contribution in [-0.2, 0) is 4.79 Å². The number of fused-ring (bicyclic) bond motifs is 1. The van der Waals surface area contributed by atoms with Gasteiger partial charge in [0.1, 0.15) is 0 Å². The number of hydrogen-bond donors (Lipinski definition) is 1. The molecule has 4 aliphatic carbocycles. The van der Waals surface area contributed by atoms with Gasteiger partial charge in [-0.1, -0.05) is 11.8 Å². The SMILES string of the molecule is Cc1cc(C)n2nc(SCC(=O)N[C@@H](C)C34CC5CC(CC(C5)C3)C4)nc2n1. The number of aromatic nitrogens is 4. The molecule has 0 aromatic carbocycles. The van der Waals surface area contributed by atoms with Gasteiger partial charge in [-0.2, -0.15) is 4.98 Å². The molecule has 0 aliphatic heterocycles. The summed E-state index contributed by atoms with van der Waals surface area (Å²) in [6.45, 7) is 6.17. The molecule has 0 saturated heterocycles. The molecule has 150 valence electrons. The van der Waals surface area contributed by atoms with Crippen LogP contribution in [0.1, 0.15) is 56.8 Å². The van der Waals surface area contributed by atoms with E-state index in [1.807, 2.05) is 19.9 Å². The normalized spacial score (nSPS) is 32.0. The fraction of sp³-hybridized carbons (Fsp3) is 0.714. The smallest absolute Gasteiger partial charge is 0.253 e. The fourth-order valence-electron chi connectivity index (χ4n) is 6.48. The number of nitrogens with zero attached hydrogens (tertiary/aromatic N) is 4. The molecule has 4 aliphatic rings. The van der Waals surface area contributed by atoms with Gasteiger partial charge < -0.3 is 5.32 Å². The van der Waals surface area contributed by atoms with Crippen molar-refractivity contribution in [2.24, 2.45) is 23.2 Å². The molecule has 4 saturated carbocycles. The van der Waals surface area contributed by atoms with Crippen molar-refractivity contribution in [3.63, 3.8) is 0 Å². The van der Waals surface area contributed by atoms with Gasteiger partial charge in [-0.3, -0.25) is 4.79 Å². The molecule has 2 aromatic heterocycles. The van der Waals surface area contributed by atoms with Crippen LogP contribution in [0.5, 0.6) is 0 Å². The van der Waals surface area contributed by atoms with Crippen LogP contribution in [0.4, 0.5) is 0 Å². The molecule has 2 heterocycles. The first-order valence-corrected chi connectivity index (χ1v) is 11.5. The van der Waals surface area contributed by atoms with E-state index in [0.717, 1.165) is 29.1 Å². The first kappa shape index (κ1) is 18.4. The molecule has 4 fully saturated rings. The van der Waals surface area contributed by atoms with Crippen LogP contribution in [0, 0.1) is 37.0 Å². The van der Waals surface area contributed by atoms with E-state index in [2.05, 4.69) is 27.3 Å². The zero-order valence-electron chi connectivity index (χ0n) is 16.9. The minimum atomic E-state index is 0.0907. The lowest BCUT2D eigenvalue weighted by Crippen LogP contribution is -2.56. The van der Waals surface area contributed by atoms with Crippen molar-refractivity contribution in [1.29, 1.82) is 0 Å². The van der Waals surface area contributed by atoms with Crippen LogP contribution in [0.2, 0.25) is 0 Å². The Morgan fingerprint density at radius 2 is 1.86 bits per heavy atom. The van der Waals surface area contributed by atoms with E-state index >= 15 is 0 Å². The zero-order valence-corrected chi connectivity index (χ0v) is 17.8. The number of amides is 1. The Morgan fingerprint density at radius 3 is 2.50 bits per heavy atom. The third-order valence-electron chi connectivity index (χ3n) is 7.31. The largest absolute Gasteiger partial charge is 0.352 e. The second-order valence-electron chi connectivity index (χ2n) is 9.50. The number of hydrogen-bond acceptors (Lipinski definition) is 5. The van der Waals surface area contributed by atoms with E-state index in [1.54, 1.807) is 4.52 Å². The standard InChI is InChI=1S/C21H29N5OS/c1-12-4-13(2)26-19(22-12)24-20(25-26)28-11-18(27)23-14(3)21-8-15-5-16(9-21)7-17(6-15)10-21/h4,14-17H,5-11H2,1-3H3,(H,23,27)/t14-,15?,16?,17?,21?/m0/s1. The van der Waals surface area contributed by atoms with Gasteiger partial charge in [0.05, 0.1) is 5.75 Å². The van der Waals surface area contributed by atoms with Crippen molar-refractivity contribution < 1.29 is 4.79 Å². The molecule has 0 spiro atoms. The van der Waals surface area contributed by atoms with Crippen molar-refractivity contribution in [1.82, 2.24) is 24.9 Å². The summed E-state index contributed by atoms with van der Waals surface area (Å²) in [7, 11) is 0. The summed E-state index contributed by atoms with van der Waals surface area (Å²) in [6.07, 6.45) is 8.23. The van der Waals surface area contributed by atoms with Gasteiger partial charge in [0.2, 0.25) is 11.1 Å². The average Bonchev–Trinajstić information content (AvgIpc) is 3.02. The zero-order chi connectivity index (χ0) is 19.5. The Balaban J connectivity index is 1.21. The number of aryl methyl sites for hydroxylation is 2. The summed E-state index contributed by atoms with van der Waals surface area (Å²) < 4.78 is 1.74. The molecule has 0 radical (unpaired) electrons. The molecule has 4 bridgehead atoms. The quantitative estimate of drug-likeness (QED) is 0.779. The predicted molar refractivity (Wildman–Crippen MR) is 109 cm³/mol. The topological polar surface area (TPSA) is 72.2 Å². The number of carbonyl (C=O) groups excluding carboxylic acids is 1. The highest BCUT2D eigenvalue weighted by atomic mass is 32.2. The van der Waals surface area contributed by atoms with E-state index in [1.165, 1.54) is 50.3 Å². The summed E-state index contributed by atoms with van der Waals surface area (Å²) >= 11 is 1.39. The van der Waals surface area contributed by atoms with E-state index in [-0.39, 0.29) is 11.9 Å². The molecule has 28 heavy (non-hydrogen) atoms. The highest BCUT2D eigenvalue weighted by Gasteiger charge is 2.53. The first-order chi connectivity index (χ1) is 13.4. The summed E-state index contributed by atoms with van der Waals surface area (Å²) in [5.41, 5.74) is 2.27. The van der Waals surface area contributed by atoms with Crippen LogP contribution in [-0.4, -0.2) is 37.3 Å². The Bertz CT molecular complexity index is 888. The maximum absolute atomic E-state index is 12.6. The molecule has 0 unspecified atom stereocenters. The molecule has 2 aromatic rings. The Morgan fingerprint density at radius 1 is 1.21 bits per heavy atom. The van der Waals surface area contributed by atoms with Crippen LogP contribution in [0.25, 0.3) is 5.78 Å². The van der Waals surface area contributed by atoms with Gasteiger partial charge in [0.15, 0.2) is 0 Å². The highest BCUT2D eigenvalue weighted by molar-refractivity contribution is 7.99. The van der Waals surface area contributed by atoms with E-state index < -0.39 is 0 Å². The van der Waals surface area contributed by atoms with Crippen LogP contribution < -0.4 is 5.32 Å². The minimum Gasteiger partial charge on any atom is -0.352 e. The Hall–Kier alpha value is -1.63. The second-order valence-corrected chi connectivity index (χ2v) is 10.4. The molecule has 7 heteroatoms. The molecule has 6 nitrogen and oxygen atoms in total. The number of carbonyl (C=O) groups is 1. The lowest BCUT2D eigenvalue weighted by molar-refractivity contribution is -0.123. The Kier molecular flexibility index (Phi) is 4.41. The van der Waals surface area contributed by atoms with Gasteiger partial charge in [-0.25, -0.2) is 9.50 Å². The van der Waals surface area contributed by atoms with Gasteiger partial charge in [0.25, 0.3) is 5.78 Å². The van der Waals surface area contributed by atoms with Gasteiger partial charge in [-0.15, -0.1) is 5.10 Å². The van der Waals surface area contributed by atoms with Crippen molar-refractivity contribution in [2.75, 3.05) is 5.75 Å². The second kappa shape index (κ2) is 6.71. The first-order valence-electron chi connectivity index (χ1n) is 10.5. The van der Waals surface area contributed by atoms with Crippen molar-refractivity contribution in [3.05, 3.63) is 17.5 Å². The lowest BCUT2D eigenvalue weighted by Gasteiger charge is -2.59. The van der Waals surface area contributed by atoms with Gasteiger partial charge >= 0.3 is 0 Å². The summed E-state index contributed by atoms with van der Waals surface area (Å²) in [5, 5.41) is 8.42. The van der Waals surface area contributed by atoms with E-state index in [4.69, 9.17) is 0 Å². The van der Waals surface area contributed by atoms with E-state index in [9.17, 15) is 4.79 Å². The van der Waals surface area contributed by atoms with Gasteiger partial charge in [0, 0.05) is 17.4 Å². The monoisotopic (exact) mass is 399 g/mol. The van der Waals surface area contributed by atoms with E-state index in [0.29, 0.717) is 22.1 Å². The number of nitrogens with one attached hydrogen (secondary N) is 1. The third-order valence-corrected chi connectivity index (χ3v) is 8.15. The van der Waals surface area contributed by atoms with Crippen LogP contribution >= 0.6 is 11.8 Å². The molecule has 1 amide bonds. The van der Waals surface area contributed by atoms with Crippen molar-refractivity contribution in [3.8, 4) is 0 Å². The van der Waals surface area contributed by atoms with Crippen molar-refractivity contribution >= 4 is 23.4 Å². The molecule has 1 N–H and O–H groups in total. The molecule has 6 rings (SSSR count). The van der Waals surface area contributed by atoms with Crippen LogP contribution in [0.3, 0.4) is 0 Å². The minimum absolute atomic E-state index is 0.0907. The number of rotatable bonds is 5. The lowest BCUT2D eigenvalue weighted by atomic mass is 9.48. The van der Waals surface area contributed by atoms with Gasteiger partial charge in [-0.05, 0) is 88.5 Å². The average molecular weight is 400 g/mol. The summed E-state index contributed by atoms with van der Waals surface area (Å²) in [5.74, 6) is 3.75.